The Labute approximate surface area is 120 Å². The zero-order valence-corrected chi connectivity index (χ0v) is 12.8. The van der Waals surface area contributed by atoms with Crippen LogP contribution in [-0.2, 0) is 21.3 Å². The van der Waals surface area contributed by atoms with E-state index in [4.69, 9.17) is 4.74 Å². The predicted molar refractivity (Wildman–Crippen MR) is 76.9 cm³/mol. The van der Waals surface area contributed by atoms with Crippen LogP contribution >= 0.6 is 0 Å². The highest BCUT2D eigenvalue weighted by Crippen LogP contribution is 2.23. The summed E-state index contributed by atoms with van der Waals surface area (Å²) in [6.45, 7) is 3.50. The lowest BCUT2D eigenvalue weighted by molar-refractivity contribution is 0.107. The lowest BCUT2D eigenvalue weighted by Crippen LogP contribution is -2.33. The molecule has 2 unspecified atom stereocenters. The maximum atomic E-state index is 12.3. The summed E-state index contributed by atoms with van der Waals surface area (Å²) in [5, 5.41) is 3.15. The van der Waals surface area contributed by atoms with E-state index in [-0.39, 0.29) is 12.1 Å². The van der Waals surface area contributed by atoms with Gasteiger partial charge in [-0.15, -0.1) is 0 Å². The van der Waals surface area contributed by atoms with Crippen molar-refractivity contribution < 1.29 is 13.2 Å². The third-order valence-electron chi connectivity index (χ3n) is 3.63. The first kappa shape index (κ1) is 15.5. The van der Waals surface area contributed by atoms with Gasteiger partial charge in [-0.2, -0.15) is 0 Å². The zero-order chi connectivity index (χ0) is 14.6. The Morgan fingerprint density at radius 2 is 2.25 bits per heavy atom. The molecule has 0 radical (unpaired) electrons. The van der Waals surface area contributed by atoms with E-state index in [0.717, 1.165) is 31.5 Å². The van der Waals surface area contributed by atoms with Gasteiger partial charge in [-0.3, -0.25) is 0 Å². The summed E-state index contributed by atoms with van der Waals surface area (Å²) < 4.78 is 32.6. The number of aromatic nitrogens is 1. The molecule has 0 spiro atoms. The van der Waals surface area contributed by atoms with Crippen molar-refractivity contribution in [3.8, 4) is 0 Å². The first-order valence-corrected chi connectivity index (χ1v) is 8.46. The molecule has 0 bridgehead atoms. The number of nitrogens with one attached hydrogen (secondary N) is 3. The largest absolute Gasteiger partial charge is 0.381 e. The van der Waals surface area contributed by atoms with Crippen molar-refractivity contribution in [3.05, 3.63) is 18.0 Å². The highest BCUT2D eigenvalue weighted by Gasteiger charge is 2.29. The van der Waals surface area contributed by atoms with Gasteiger partial charge in [-0.25, -0.2) is 13.1 Å². The quantitative estimate of drug-likeness (QED) is 0.701. The Hall–Kier alpha value is -0.890. The summed E-state index contributed by atoms with van der Waals surface area (Å²) in [6.07, 6.45) is 4.18. The van der Waals surface area contributed by atoms with Crippen LogP contribution in [-0.4, -0.2) is 39.2 Å². The van der Waals surface area contributed by atoms with Crippen LogP contribution in [0.1, 0.15) is 31.9 Å². The zero-order valence-electron chi connectivity index (χ0n) is 12.0. The van der Waals surface area contributed by atoms with Crippen LogP contribution in [0.5, 0.6) is 0 Å². The Kier molecular flexibility index (Phi) is 5.20. The molecule has 1 fully saturated rings. The van der Waals surface area contributed by atoms with Gasteiger partial charge in [0.05, 0.1) is 11.0 Å². The lowest BCUT2D eigenvalue weighted by Gasteiger charge is -2.12. The van der Waals surface area contributed by atoms with E-state index < -0.39 is 10.0 Å². The molecule has 1 aliphatic rings. The topological polar surface area (TPSA) is 83.2 Å². The Morgan fingerprint density at radius 3 is 2.90 bits per heavy atom. The molecule has 6 nitrogen and oxygen atoms in total. The third-order valence-corrected chi connectivity index (χ3v) is 5.13. The number of hydrogen-bond donors (Lipinski definition) is 3. The average molecular weight is 301 g/mol. The van der Waals surface area contributed by atoms with Gasteiger partial charge in [0, 0.05) is 31.6 Å². The summed E-state index contributed by atoms with van der Waals surface area (Å²) >= 11 is 0. The molecule has 3 N–H and O–H groups in total. The summed E-state index contributed by atoms with van der Waals surface area (Å²) in [5.74, 6) is 0. The molecule has 0 saturated heterocycles. The highest BCUT2D eigenvalue weighted by molar-refractivity contribution is 7.89. The second-order valence-corrected chi connectivity index (χ2v) is 6.84. The van der Waals surface area contributed by atoms with Crippen LogP contribution in [0.15, 0.2) is 17.2 Å². The molecule has 1 aromatic rings. The van der Waals surface area contributed by atoms with Crippen LogP contribution in [0, 0.1) is 0 Å². The van der Waals surface area contributed by atoms with Gasteiger partial charge in [0.2, 0.25) is 10.0 Å². The van der Waals surface area contributed by atoms with Gasteiger partial charge in [0.25, 0.3) is 0 Å². The molecular weight excluding hydrogens is 278 g/mol. The van der Waals surface area contributed by atoms with Gasteiger partial charge in [0.1, 0.15) is 0 Å². The van der Waals surface area contributed by atoms with Crippen molar-refractivity contribution >= 4 is 10.0 Å². The van der Waals surface area contributed by atoms with Gasteiger partial charge >= 0.3 is 0 Å². The number of sulfonamides is 1. The minimum atomic E-state index is -3.44. The van der Waals surface area contributed by atoms with Gasteiger partial charge < -0.3 is 15.0 Å². The van der Waals surface area contributed by atoms with Crippen molar-refractivity contribution in [2.75, 3.05) is 13.7 Å². The molecule has 0 amide bonds. The SMILES string of the molecule is CCNCc1cc(S(=O)(=O)NC2CCC(OC)C2)c[nH]1. The molecule has 0 aliphatic heterocycles. The van der Waals surface area contributed by atoms with Crippen molar-refractivity contribution in [2.24, 2.45) is 0 Å². The highest BCUT2D eigenvalue weighted by atomic mass is 32.2. The van der Waals surface area contributed by atoms with Crippen LogP contribution in [0.4, 0.5) is 0 Å². The molecule has 2 rings (SSSR count). The second kappa shape index (κ2) is 6.71. The predicted octanol–water partition coefficient (Wildman–Crippen LogP) is 0.970. The minimum Gasteiger partial charge on any atom is -0.381 e. The first-order chi connectivity index (χ1) is 9.55. The monoisotopic (exact) mass is 301 g/mol. The van der Waals surface area contributed by atoms with E-state index >= 15 is 0 Å². The molecule has 114 valence electrons. The van der Waals surface area contributed by atoms with E-state index in [1.165, 1.54) is 6.20 Å². The van der Waals surface area contributed by atoms with Crippen molar-refractivity contribution in [1.82, 2.24) is 15.0 Å². The number of hydrogen-bond acceptors (Lipinski definition) is 4. The second-order valence-electron chi connectivity index (χ2n) is 5.13. The molecule has 1 aromatic heterocycles. The summed E-state index contributed by atoms with van der Waals surface area (Å²) in [6, 6.07) is 1.64. The third kappa shape index (κ3) is 3.82. The Morgan fingerprint density at radius 1 is 1.45 bits per heavy atom. The molecule has 0 aromatic carbocycles. The lowest BCUT2D eigenvalue weighted by atomic mass is 10.3. The van der Waals surface area contributed by atoms with Crippen LogP contribution in [0.25, 0.3) is 0 Å². The maximum absolute atomic E-state index is 12.3. The fourth-order valence-electron chi connectivity index (χ4n) is 2.48. The smallest absolute Gasteiger partial charge is 0.242 e. The van der Waals surface area contributed by atoms with Crippen LogP contribution in [0.3, 0.4) is 0 Å². The average Bonchev–Trinajstić information content (AvgIpc) is 3.04. The van der Waals surface area contributed by atoms with Crippen molar-refractivity contribution in [2.45, 2.75) is 49.8 Å². The van der Waals surface area contributed by atoms with Gasteiger partial charge in [0.15, 0.2) is 0 Å². The molecule has 2 atom stereocenters. The van der Waals surface area contributed by atoms with E-state index in [1.54, 1.807) is 13.2 Å². The Balaban J connectivity index is 1.98. The molecule has 1 saturated carbocycles. The first-order valence-electron chi connectivity index (χ1n) is 6.98. The minimum absolute atomic E-state index is 0.0305. The normalized spacial score (nSPS) is 23.3. The number of rotatable bonds is 7. The molecular formula is C13H23N3O3S. The number of H-pyrrole nitrogens is 1. The Bertz CT molecular complexity index is 527. The fourth-order valence-corrected chi connectivity index (χ4v) is 3.78. The number of methoxy groups -OCH3 is 1. The van der Waals surface area contributed by atoms with Crippen LogP contribution < -0.4 is 10.0 Å². The molecule has 7 heteroatoms. The molecule has 1 heterocycles. The molecule has 20 heavy (non-hydrogen) atoms. The summed E-state index contributed by atoms with van der Waals surface area (Å²) in [4.78, 5) is 3.28. The van der Waals surface area contributed by atoms with E-state index in [2.05, 4.69) is 15.0 Å². The summed E-state index contributed by atoms with van der Waals surface area (Å²) in [5.41, 5.74) is 0.869. The standard InChI is InChI=1S/C13H23N3O3S/c1-3-14-8-11-7-13(9-15-11)20(17,18)16-10-4-5-12(6-10)19-2/h7,9-10,12,14-16H,3-6,8H2,1-2H3. The van der Waals surface area contributed by atoms with E-state index in [1.807, 2.05) is 6.92 Å². The van der Waals surface area contributed by atoms with Crippen molar-refractivity contribution in [1.29, 1.82) is 0 Å². The maximum Gasteiger partial charge on any atom is 0.242 e. The van der Waals surface area contributed by atoms with E-state index in [9.17, 15) is 8.42 Å². The summed E-state index contributed by atoms with van der Waals surface area (Å²) in [7, 11) is -1.78. The van der Waals surface area contributed by atoms with E-state index in [0.29, 0.717) is 11.4 Å². The van der Waals surface area contributed by atoms with Crippen molar-refractivity contribution in [3.63, 3.8) is 0 Å². The fraction of sp³-hybridized carbons (Fsp3) is 0.692. The van der Waals surface area contributed by atoms with Gasteiger partial charge in [-0.05, 0) is 31.9 Å². The molecule has 1 aliphatic carbocycles. The number of aromatic amines is 1. The van der Waals surface area contributed by atoms with Crippen LogP contribution in [0.2, 0.25) is 0 Å². The number of ether oxygens (including phenoxy) is 1. The van der Waals surface area contributed by atoms with Gasteiger partial charge in [-0.1, -0.05) is 6.92 Å².